The summed E-state index contributed by atoms with van der Waals surface area (Å²) in [6.07, 6.45) is 0. The molecule has 1 atom stereocenters. The van der Waals surface area contributed by atoms with Crippen molar-refractivity contribution in [2.45, 2.75) is 33.7 Å². The third kappa shape index (κ3) is 2.61. The molecule has 2 aromatic rings. The van der Waals surface area contributed by atoms with Gasteiger partial charge >= 0.3 is 0 Å². The Hall–Kier alpha value is -1.68. The number of hydrogen-bond acceptors (Lipinski definition) is 2. The van der Waals surface area contributed by atoms with Gasteiger partial charge in [0.05, 0.1) is 5.69 Å². The number of halogens is 1. The van der Waals surface area contributed by atoms with Crippen molar-refractivity contribution in [1.82, 2.24) is 15.1 Å². The van der Waals surface area contributed by atoms with Gasteiger partial charge in [-0.25, -0.2) is 4.39 Å². The Kier molecular flexibility index (Phi) is 4.23. The van der Waals surface area contributed by atoms with Gasteiger partial charge in [0.1, 0.15) is 5.82 Å². The molecular weight excluding hydrogens is 253 g/mol. The molecule has 20 heavy (non-hydrogen) atoms. The van der Waals surface area contributed by atoms with E-state index in [1.165, 1.54) is 6.07 Å². The van der Waals surface area contributed by atoms with E-state index in [-0.39, 0.29) is 11.9 Å². The zero-order valence-electron chi connectivity index (χ0n) is 12.8. The number of rotatable bonds is 4. The second-order valence-electron chi connectivity index (χ2n) is 5.18. The predicted molar refractivity (Wildman–Crippen MR) is 80.2 cm³/mol. The van der Waals surface area contributed by atoms with Crippen LogP contribution in [0.2, 0.25) is 0 Å². The summed E-state index contributed by atoms with van der Waals surface area (Å²) in [4.78, 5) is 0. The molecule has 108 valence electrons. The third-order valence-corrected chi connectivity index (χ3v) is 3.77. The molecule has 0 aliphatic heterocycles. The van der Waals surface area contributed by atoms with Crippen LogP contribution >= 0.6 is 0 Å². The minimum Gasteiger partial charge on any atom is -0.310 e. The summed E-state index contributed by atoms with van der Waals surface area (Å²) in [5.41, 5.74) is 5.05. The van der Waals surface area contributed by atoms with Gasteiger partial charge in [0.25, 0.3) is 0 Å². The first-order valence-corrected chi connectivity index (χ1v) is 6.99. The molecule has 0 bridgehead atoms. The zero-order chi connectivity index (χ0) is 14.9. The fraction of sp³-hybridized carbons (Fsp3) is 0.438. The molecule has 0 amide bonds. The summed E-state index contributed by atoms with van der Waals surface area (Å²) < 4.78 is 15.5. The van der Waals surface area contributed by atoms with Crippen LogP contribution in [0.15, 0.2) is 18.2 Å². The van der Waals surface area contributed by atoms with Crippen molar-refractivity contribution < 1.29 is 4.39 Å². The second-order valence-corrected chi connectivity index (χ2v) is 5.18. The number of benzene rings is 1. The summed E-state index contributed by atoms with van der Waals surface area (Å²) in [6.45, 7) is 9.03. The van der Waals surface area contributed by atoms with Crippen molar-refractivity contribution in [2.75, 3.05) is 6.54 Å². The lowest BCUT2D eigenvalue weighted by Gasteiger charge is -2.18. The van der Waals surface area contributed by atoms with Gasteiger partial charge in [-0.3, -0.25) is 4.68 Å². The van der Waals surface area contributed by atoms with Crippen molar-refractivity contribution >= 4 is 0 Å². The van der Waals surface area contributed by atoms with Gasteiger partial charge in [-0.05, 0) is 50.6 Å². The highest BCUT2D eigenvalue weighted by Crippen LogP contribution is 2.33. The van der Waals surface area contributed by atoms with Crippen LogP contribution in [0.1, 0.15) is 36.8 Å². The summed E-state index contributed by atoms with van der Waals surface area (Å²) in [5, 5.41) is 7.82. The minimum absolute atomic E-state index is 0.176. The maximum atomic E-state index is 13.7. The molecule has 1 N–H and O–H groups in total. The van der Waals surface area contributed by atoms with Crippen LogP contribution in [0.4, 0.5) is 4.39 Å². The van der Waals surface area contributed by atoms with Gasteiger partial charge in [0.2, 0.25) is 0 Å². The highest BCUT2D eigenvalue weighted by Gasteiger charge is 2.18. The fourth-order valence-electron chi connectivity index (χ4n) is 2.70. The molecule has 1 heterocycles. The molecule has 4 heteroatoms. The Bertz CT molecular complexity index is 616. The molecular formula is C16H22FN3. The van der Waals surface area contributed by atoms with Crippen LogP contribution in [-0.2, 0) is 7.05 Å². The lowest BCUT2D eigenvalue weighted by atomic mass is 9.94. The zero-order valence-corrected chi connectivity index (χ0v) is 12.8. The van der Waals surface area contributed by atoms with E-state index in [1.807, 2.05) is 31.6 Å². The van der Waals surface area contributed by atoms with Gasteiger partial charge in [-0.2, -0.15) is 5.10 Å². The Balaban J connectivity index is 2.63. The van der Waals surface area contributed by atoms with Crippen LogP contribution in [0, 0.1) is 19.7 Å². The molecule has 0 fully saturated rings. The quantitative estimate of drug-likeness (QED) is 0.925. The maximum Gasteiger partial charge on any atom is 0.123 e. The number of aryl methyl sites for hydroxylation is 2. The molecule has 1 aromatic carbocycles. The fourth-order valence-corrected chi connectivity index (χ4v) is 2.70. The largest absolute Gasteiger partial charge is 0.310 e. The van der Waals surface area contributed by atoms with Crippen LogP contribution in [0.5, 0.6) is 0 Å². The Morgan fingerprint density at radius 1 is 1.35 bits per heavy atom. The summed E-state index contributed by atoms with van der Waals surface area (Å²) in [7, 11) is 1.92. The van der Waals surface area contributed by atoms with Crippen molar-refractivity contribution in [3.63, 3.8) is 0 Å². The van der Waals surface area contributed by atoms with E-state index in [4.69, 9.17) is 0 Å². The van der Waals surface area contributed by atoms with E-state index in [0.29, 0.717) is 0 Å². The molecule has 0 spiro atoms. The van der Waals surface area contributed by atoms with Crippen LogP contribution in [0.3, 0.4) is 0 Å². The van der Waals surface area contributed by atoms with E-state index in [9.17, 15) is 4.39 Å². The van der Waals surface area contributed by atoms with Crippen molar-refractivity contribution in [1.29, 1.82) is 0 Å². The van der Waals surface area contributed by atoms with E-state index >= 15 is 0 Å². The van der Waals surface area contributed by atoms with Crippen LogP contribution in [-0.4, -0.2) is 16.3 Å². The number of nitrogens with zero attached hydrogens (tertiary/aromatic N) is 2. The van der Waals surface area contributed by atoms with Gasteiger partial charge in [-0.1, -0.05) is 13.0 Å². The van der Waals surface area contributed by atoms with Crippen LogP contribution < -0.4 is 5.32 Å². The predicted octanol–water partition coefficient (Wildman–Crippen LogP) is 3.51. The van der Waals surface area contributed by atoms with Gasteiger partial charge in [-0.15, -0.1) is 0 Å². The topological polar surface area (TPSA) is 29.9 Å². The number of hydrogen-bond donors (Lipinski definition) is 1. The first-order valence-electron chi connectivity index (χ1n) is 6.99. The SMILES string of the molecule is CCNC(C)c1ccc(F)cc1-c1c(C)nn(C)c1C. The van der Waals surface area contributed by atoms with E-state index < -0.39 is 0 Å². The van der Waals surface area contributed by atoms with Gasteiger partial charge in [0, 0.05) is 24.3 Å². The Labute approximate surface area is 119 Å². The first kappa shape index (κ1) is 14.7. The van der Waals surface area contributed by atoms with E-state index in [0.717, 1.165) is 34.6 Å². The molecule has 0 saturated heterocycles. The average Bonchev–Trinajstić information content (AvgIpc) is 2.63. The lowest BCUT2D eigenvalue weighted by molar-refractivity contribution is 0.593. The molecule has 1 aromatic heterocycles. The summed E-state index contributed by atoms with van der Waals surface area (Å²) in [5.74, 6) is -0.213. The van der Waals surface area contributed by atoms with Gasteiger partial charge in [0.15, 0.2) is 0 Å². The lowest BCUT2D eigenvalue weighted by Crippen LogP contribution is -2.18. The Morgan fingerprint density at radius 3 is 2.60 bits per heavy atom. The summed E-state index contributed by atoms with van der Waals surface area (Å²) >= 11 is 0. The minimum atomic E-state index is -0.213. The molecule has 0 radical (unpaired) electrons. The third-order valence-electron chi connectivity index (χ3n) is 3.77. The molecule has 0 aliphatic rings. The average molecular weight is 275 g/mol. The van der Waals surface area contributed by atoms with Crippen molar-refractivity contribution in [3.05, 3.63) is 41.0 Å². The molecule has 0 saturated carbocycles. The second kappa shape index (κ2) is 5.75. The highest BCUT2D eigenvalue weighted by molar-refractivity contribution is 5.72. The monoisotopic (exact) mass is 275 g/mol. The maximum absolute atomic E-state index is 13.7. The molecule has 2 rings (SSSR count). The molecule has 1 unspecified atom stereocenters. The van der Waals surface area contributed by atoms with Gasteiger partial charge < -0.3 is 5.32 Å². The van der Waals surface area contributed by atoms with E-state index in [2.05, 4.69) is 24.3 Å². The molecule has 3 nitrogen and oxygen atoms in total. The molecule has 0 aliphatic carbocycles. The van der Waals surface area contributed by atoms with Crippen LogP contribution in [0.25, 0.3) is 11.1 Å². The number of aromatic nitrogens is 2. The van der Waals surface area contributed by atoms with Crippen molar-refractivity contribution in [2.24, 2.45) is 7.05 Å². The number of nitrogens with one attached hydrogen (secondary N) is 1. The van der Waals surface area contributed by atoms with E-state index in [1.54, 1.807) is 6.07 Å². The normalized spacial score (nSPS) is 12.7. The van der Waals surface area contributed by atoms with Crippen molar-refractivity contribution in [3.8, 4) is 11.1 Å². The standard InChI is InChI=1S/C16H22FN3/c1-6-18-10(2)14-8-7-13(17)9-15(14)16-11(3)19-20(5)12(16)4/h7-10,18H,6H2,1-5H3. The Morgan fingerprint density at radius 2 is 2.05 bits per heavy atom. The highest BCUT2D eigenvalue weighted by atomic mass is 19.1. The summed E-state index contributed by atoms with van der Waals surface area (Å²) in [6, 6.07) is 5.17. The first-order chi connectivity index (χ1) is 9.45. The smallest absolute Gasteiger partial charge is 0.123 e.